The van der Waals surface area contributed by atoms with Crippen LogP contribution in [-0.2, 0) is 9.47 Å². The molecule has 0 saturated carbocycles. The van der Waals surface area contributed by atoms with Crippen molar-refractivity contribution < 1.29 is 28.2 Å². The van der Waals surface area contributed by atoms with Gasteiger partial charge in [-0.05, 0) is 24.5 Å². The summed E-state index contributed by atoms with van der Waals surface area (Å²) in [6, 6.07) is 13.3. The first-order chi connectivity index (χ1) is 19.1. The minimum Gasteiger partial charge on any atom is -0.465 e. The number of likely N-dealkylation sites (tertiary alicyclic amines) is 1. The molecular weight excluding hydrogens is 494 g/mol. The van der Waals surface area contributed by atoms with Crippen molar-refractivity contribution in [2.45, 2.75) is 110 Å². The maximum Gasteiger partial charge on any atom is 0.412 e. The van der Waals surface area contributed by atoms with Crippen LogP contribution in [0.3, 0.4) is 0 Å². The van der Waals surface area contributed by atoms with Gasteiger partial charge in [-0.3, -0.25) is 0 Å². The lowest BCUT2D eigenvalue weighted by Gasteiger charge is -2.20. The first-order valence-electron chi connectivity index (χ1n) is 15.0. The molecule has 1 aliphatic rings. The van der Waals surface area contributed by atoms with Gasteiger partial charge in [0.25, 0.3) is 5.95 Å². The lowest BCUT2D eigenvalue weighted by Crippen LogP contribution is -2.33. The molecular formula is C32H47NO6. The van der Waals surface area contributed by atoms with Crippen molar-refractivity contribution in [3.05, 3.63) is 53.8 Å². The van der Waals surface area contributed by atoms with Crippen LogP contribution in [-0.4, -0.2) is 42.9 Å². The summed E-state index contributed by atoms with van der Waals surface area (Å²) in [4.78, 5) is 26.6. The van der Waals surface area contributed by atoms with E-state index < -0.39 is 18.4 Å². The molecule has 0 spiro atoms. The van der Waals surface area contributed by atoms with E-state index in [1.165, 1.54) is 82.8 Å². The van der Waals surface area contributed by atoms with Gasteiger partial charge in [-0.2, -0.15) is 0 Å². The van der Waals surface area contributed by atoms with Crippen LogP contribution in [0.25, 0.3) is 0 Å². The molecule has 2 aromatic rings. The van der Waals surface area contributed by atoms with Gasteiger partial charge in [-0.1, -0.05) is 108 Å². The lowest BCUT2D eigenvalue weighted by molar-refractivity contribution is -0.0698. The topological polar surface area (TPSA) is 78.2 Å². The van der Waals surface area contributed by atoms with E-state index in [4.69, 9.17) is 18.6 Å². The number of nitrogens with zero attached hydrogens (tertiary/aromatic N) is 1. The summed E-state index contributed by atoms with van der Waals surface area (Å²) in [5, 5.41) is 0. The Morgan fingerprint density at radius 1 is 0.872 bits per heavy atom. The van der Waals surface area contributed by atoms with Crippen LogP contribution in [0.4, 0.5) is 4.79 Å². The number of furan rings is 1. The molecule has 39 heavy (non-hydrogen) atoms. The monoisotopic (exact) mass is 541 g/mol. The van der Waals surface area contributed by atoms with E-state index in [1.807, 2.05) is 18.2 Å². The zero-order valence-corrected chi connectivity index (χ0v) is 23.9. The third kappa shape index (κ3) is 11.4. The summed E-state index contributed by atoms with van der Waals surface area (Å²) in [5.74, 6) is -0.0984. The zero-order valence-electron chi connectivity index (χ0n) is 23.9. The number of carbonyl (C=O) groups excluding carboxylic acids is 2. The van der Waals surface area contributed by atoms with Crippen molar-refractivity contribution >= 4 is 12.1 Å². The van der Waals surface area contributed by atoms with E-state index in [-0.39, 0.29) is 11.7 Å². The van der Waals surface area contributed by atoms with E-state index in [0.29, 0.717) is 25.6 Å². The molecule has 1 saturated heterocycles. The number of esters is 1. The SMILES string of the molecule is CCCCCCCCCCCCCCOc1ccc(C(=O)OC(C)OC(=O)N2CCC(c3ccccc3)C2)o1. The first kappa shape index (κ1) is 30.6. The predicted octanol–water partition coefficient (Wildman–Crippen LogP) is 8.49. The largest absolute Gasteiger partial charge is 0.465 e. The van der Waals surface area contributed by atoms with Crippen molar-refractivity contribution in [1.29, 1.82) is 0 Å². The van der Waals surface area contributed by atoms with E-state index in [2.05, 4.69) is 19.1 Å². The van der Waals surface area contributed by atoms with Gasteiger partial charge in [-0.15, -0.1) is 0 Å². The highest BCUT2D eigenvalue weighted by Crippen LogP contribution is 2.27. The number of hydrogen-bond acceptors (Lipinski definition) is 6. The molecule has 0 aliphatic carbocycles. The van der Waals surface area contributed by atoms with Crippen molar-refractivity contribution in [3.8, 4) is 5.95 Å². The van der Waals surface area contributed by atoms with Crippen LogP contribution < -0.4 is 4.74 Å². The van der Waals surface area contributed by atoms with Gasteiger partial charge in [0.15, 0.2) is 0 Å². The molecule has 7 heteroatoms. The minimum atomic E-state index is -1.03. The first-order valence-corrected chi connectivity index (χ1v) is 15.0. The summed E-state index contributed by atoms with van der Waals surface area (Å²) in [6.07, 6.45) is 14.8. The summed E-state index contributed by atoms with van der Waals surface area (Å²) in [5.41, 5.74) is 1.21. The third-order valence-electron chi connectivity index (χ3n) is 7.28. The van der Waals surface area contributed by atoms with Gasteiger partial charge in [0.2, 0.25) is 12.1 Å². The smallest absolute Gasteiger partial charge is 0.412 e. The lowest BCUT2D eigenvalue weighted by atomic mass is 9.99. The van der Waals surface area contributed by atoms with Crippen molar-refractivity contribution in [2.75, 3.05) is 19.7 Å². The van der Waals surface area contributed by atoms with Gasteiger partial charge < -0.3 is 23.5 Å². The molecule has 216 valence electrons. The summed E-state index contributed by atoms with van der Waals surface area (Å²) in [6.45, 7) is 5.52. The number of rotatable bonds is 18. The quantitative estimate of drug-likeness (QED) is 0.107. The minimum absolute atomic E-state index is 0.0212. The highest BCUT2D eigenvalue weighted by Gasteiger charge is 2.30. The number of carbonyl (C=O) groups is 2. The van der Waals surface area contributed by atoms with Crippen LogP contribution in [0.1, 0.15) is 119 Å². The van der Waals surface area contributed by atoms with E-state index in [0.717, 1.165) is 19.3 Å². The number of benzene rings is 1. The summed E-state index contributed by atoms with van der Waals surface area (Å²) in [7, 11) is 0. The fourth-order valence-corrected chi connectivity index (χ4v) is 5.00. The molecule has 3 rings (SSSR count). The van der Waals surface area contributed by atoms with E-state index >= 15 is 0 Å². The number of ether oxygens (including phenoxy) is 3. The number of hydrogen-bond donors (Lipinski definition) is 0. The Balaban J connectivity index is 1.23. The molecule has 2 atom stereocenters. The van der Waals surface area contributed by atoms with Gasteiger partial charge in [0.1, 0.15) is 0 Å². The van der Waals surface area contributed by atoms with Gasteiger partial charge in [0, 0.05) is 32.0 Å². The van der Waals surface area contributed by atoms with Crippen molar-refractivity contribution in [2.24, 2.45) is 0 Å². The maximum absolute atomic E-state index is 12.5. The van der Waals surface area contributed by atoms with Crippen LogP contribution >= 0.6 is 0 Å². The van der Waals surface area contributed by atoms with Gasteiger partial charge >= 0.3 is 12.1 Å². The Bertz CT molecular complexity index is 959. The molecule has 2 heterocycles. The fraction of sp³-hybridized carbons (Fsp3) is 0.625. The molecule has 0 bridgehead atoms. The summed E-state index contributed by atoms with van der Waals surface area (Å²) >= 11 is 0. The second-order valence-electron chi connectivity index (χ2n) is 10.6. The second kappa shape index (κ2) is 17.6. The Labute approximate surface area is 234 Å². The zero-order chi connectivity index (χ0) is 27.7. The maximum atomic E-state index is 12.5. The Morgan fingerprint density at radius 2 is 1.51 bits per heavy atom. The van der Waals surface area contributed by atoms with Gasteiger partial charge in [-0.25, -0.2) is 9.59 Å². The van der Waals surface area contributed by atoms with E-state index in [1.54, 1.807) is 11.0 Å². The van der Waals surface area contributed by atoms with Crippen LogP contribution in [0, 0.1) is 0 Å². The fourth-order valence-electron chi connectivity index (χ4n) is 5.00. The van der Waals surface area contributed by atoms with Crippen molar-refractivity contribution in [1.82, 2.24) is 4.90 Å². The molecule has 1 amide bonds. The van der Waals surface area contributed by atoms with Crippen LogP contribution in [0.2, 0.25) is 0 Å². The van der Waals surface area contributed by atoms with Crippen LogP contribution in [0.5, 0.6) is 5.95 Å². The molecule has 1 aliphatic heterocycles. The van der Waals surface area contributed by atoms with E-state index in [9.17, 15) is 9.59 Å². The molecule has 1 aromatic heterocycles. The normalized spacial score (nSPS) is 15.7. The number of unbranched alkanes of at least 4 members (excludes halogenated alkanes) is 11. The Kier molecular flexibility index (Phi) is 13.8. The highest BCUT2D eigenvalue weighted by molar-refractivity contribution is 5.86. The standard InChI is InChI=1S/C32H47NO6/c1-3-4-5-6-7-8-9-10-11-12-13-17-24-36-30-21-20-29(39-30)31(34)37-26(2)38-32(35)33-23-22-28(25-33)27-18-15-14-16-19-27/h14-16,18-21,26,28H,3-13,17,22-25H2,1-2H3. The molecule has 2 unspecified atom stereocenters. The molecule has 0 radical (unpaired) electrons. The Morgan fingerprint density at radius 3 is 2.18 bits per heavy atom. The van der Waals surface area contributed by atoms with Crippen molar-refractivity contribution in [3.63, 3.8) is 0 Å². The molecule has 7 nitrogen and oxygen atoms in total. The molecule has 1 aromatic carbocycles. The summed E-state index contributed by atoms with van der Waals surface area (Å²) < 4.78 is 21.7. The average Bonchev–Trinajstić information content (AvgIpc) is 3.62. The second-order valence-corrected chi connectivity index (χ2v) is 10.6. The average molecular weight is 542 g/mol. The predicted molar refractivity (Wildman–Crippen MR) is 152 cm³/mol. The molecule has 1 fully saturated rings. The highest BCUT2D eigenvalue weighted by atomic mass is 16.7. The third-order valence-corrected chi connectivity index (χ3v) is 7.28. The Hall–Kier alpha value is -2.96. The van der Waals surface area contributed by atoms with Crippen LogP contribution in [0.15, 0.2) is 46.9 Å². The number of amides is 1. The molecule has 0 N–H and O–H groups in total. The van der Waals surface area contributed by atoms with Gasteiger partial charge in [0.05, 0.1) is 6.61 Å².